The molecule has 0 aliphatic heterocycles. The van der Waals surface area contributed by atoms with Crippen molar-refractivity contribution in [3.8, 4) is 0 Å². The van der Waals surface area contributed by atoms with Crippen LogP contribution < -0.4 is 10.9 Å². The Labute approximate surface area is 115 Å². The molecule has 1 aromatic heterocycles. The van der Waals surface area contributed by atoms with Crippen molar-refractivity contribution in [2.45, 2.75) is 26.7 Å². The number of hydrogen-bond donors (Lipinski definition) is 2. The van der Waals surface area contributed by atoms with Gasteiger partial charge in [-0.1, -0.05) is 0 Å². The number of carboxylic acid groups (broad SMARTS) is 1. The van der Waals surface area contributed by atoms with Crippen molar-refractivity contribution < 1.29 is 14.7 Å². The van der Waals surface area contributed by atoms with Crippen LogP contribution in [0.4, 0.5) is 0 Å². The van der Waals surface area contributed by atoms with E-state index < -0.39 is 22.9 Å². The van der Waals surface area contributed by atoms with Crippen LogP contribution in [0.5, 0.6) is 0 Å². The van der Waals surface area contributed by atoms with Gasteiger partial charge < -0.3 is 10.4 Å². The number of aryl methyl sites for hydroxylation is 2. The first-order valence-corrected chi connectivity index (χ1v) is 6.34. The Bertz CT molecular complexity index is 644. The monoisotopic (exact) mass is 279 g/mol. The molecule has 0 spiro atoms. The van der Waals surface area contributed by atoms with Gasteiger partial charge in [0.2, 0.25) is 0 Å². The Morgan fingerprint density at radius 1 is 1.40 bits per heavy atom. The molecule has 1 heterocycles. The Balaban J connectivity index is 2.23. The van der Waals surface area contributed by atoms with E-state index in [-0.39, 0.29) is 12.1 Å². The lowest BCUT2D eigenvalue weighted by molar-refractivity contribution is -0.143. The molecule has 1 saturated carbocycles. The van der Waals surface area contributed by atoms with E-state index in [2.05, 4.69) is 10.4 Å². The minimum atomic E-state index is -0.909. The summed E-state index contributed by atoms with van der Waals surface area (Å²) in [5.41, 5.74) is -0.189. The highest BCUT2D eigenvalue weighted by Crippen LogP contribution is 2.45. The Morgan fingerprint density at radius 2 is 2.00 bits per heavy atom. The normalized spacial score (nSPS) is 15.8. The van der Waals surface area contributed by atoms with E-state index in [4.69, 9.17) is 5.11 Å². The summed E-state index contributed by atoms with van der Waals surface area (Å²) in [4.78, 5) is 35.2. The van der Waals surface area contributed by atoms with Gasteiger partial charge in [0.05, 0.1) is 11.1 Å². The van der Waals surface area contributed by atoms with Crippen molar-refractivity contribution in [2.75, 3.05) is 6.54 Å². The molecule has 0 unspecified atom stereocenters. The minimum absolute atomic E-state index is 0.0289. The number of nitrogens with one attached hydrogen (secondary N) is 1. The fourth-order valence-corrected chi connectivity index (χ4v) is 2.07. The number of amides is 1. The fourth-order valence-electron chi connectivity index (χ4n) is 2.07. The number of nitrogens with zero attached hydrogens (tertiary/aromatic N) is 2. The summed E-state index contributed by atoms with van der Waals surface area (Å²) < 4.78 is 1.11. The lowest BCUT2D eigenvalue weighted by atomic mass is 10.1. The van der Waals surface area contributed by atoms with Gasteiger partial charge in [-0.25, -0.2) is 4.68 Å². The van der Waals surface area contributed by atoms with Crippen molar-refractivity contribution in [3.05, 3.63) is 27.2 Å². The maximum absolute atomic E-state index is 12.1. The molecule has 0 saturated heterocycles. The molecule has 0 bridgehead atoms. The van der Waals surface area contributed by atoms with Gasteiger partial charge >= 0.3 is 5.97 Å². The maximum atomic E-state index is 12.1. The molecule has 0 atom stereocenters. The van der Waals surface area contributed by atoms with E-state index in [0.717, 1.165) is 4.68 Å². The summed E-state index contributed by atoms with van der Waals surface area (Å²) in [5, 5.41) is 15.6. The number of carbonyl (C=O) groups is 2. The first-order chi connectivity index (χ1) is 9.28. The fraction of sp³-hybridized carbons (Fsp3) is 0.538. The molecule has 7 nitrogen and oxygen atoms in total. The van der Waals surface area contributed by atoms with E-state index in [1.54, 1.807) is 13.8 Å². The first-order valence-electron chi connectivity index (χ1n) is 6.34. The highest BCUT2D eigenvalue weighted by Gasteiger charge is 2.50. The van der Waals surface area contributed by atoms with Crippen LogP contribution in [0.1, 0.15) is 34.5 Å². The third kappa shape index (κ3) is 2.31. The molecule has 0 aromatic carbocycles. The minimum Gasteiger partial charge on any atom is -0.481 e. The van der Waals surface area contributed by atoms with Crippen molar-refractivity contribution in [1.29, 1.82) is 0 Å². The second-order valence-corrected chi connectivity index (χ2v) is 5.28. The van der Waals surface area contributed by atoms with E-state index in [0.29, 0.717) is 24.1 Å². The second-order valence-electron chi connectivity index (χ2n) is 5.28. The molecule has 1 fully saturated rings. The molecular weight excluding hydrogens is 262 g/mol. The van der Waals surface area contributed by atoms with Crippen LogP contribution in [0.15, 0.2) is 4.79 Å². The zero-order valence-corrected chi connectivity index (χ0v) is 11.7. The number of carboxylic acids is 1. The van der Waals surface area contributed by atoms with Crippen molar-refractivity contribution >= 4 is 11.9 Å². The molecule has 20 heavy (non-hydrogen) atoms. The van der Waals surface area contributed by atoms with Gasteiger partial charge in [0.15, 0.2) is 0 Å². The smallest absolute Gasteiger partial charge is 0.311 e. The third-order valence-corrected chi connectivity index (χ3v) is 3.85. The first kappa shape index (κ1) is 14.2. The van der Waals surface area contributed by atoms with Gasteiger partial charge in [-0.3, -0.25) is 14.4 Å². The van der Waals surface area contributed by atoms with Gasteiger partial charge in [0.25, 0.3) is 11.5 Å². The summed E-state index contributed by atoms with van der Waals surface area (Å²) in [6.45, 7) is 3.42. The van der Waals surface area contributed by atoms with Gasteiger partial charge in [-0.05, 0) is 32.3 Å². The molecule has 0 radical (unpaired) electrons. The molecule has 2 N–H and O–H groups in total. The SMILES string of the molecule is Cc1nn(C)c(=O)c(C(=O)NCC2(C(=O)O)CC2)c1C. The lowest BCUT2D eigenvalue weighted by Gasteiger charge is -2.13. The van der Waals surface area contributed by atoms with Gasteiger partial charge in [-0.2, -0.15) is 5.10 Å². The van der Waals surface area contributed by atoms with Crippen molar-refractivity contribution in [1.82, 2.24) is 15.1 Å². The average Bonchev–Trinajstić information content (AvgIpc) is 3.15. The van der Waals surface area contributed by atoms with Crippen LogP contribution in [-0.4, -0.2) is 33.3 Å². The molecule has 7 heteroatoms. The molecule has 1 amide bonds. The highest BCUT2D eigenvalue weighted by atomic mass is 16.4. The maximum Gasteiger partial charge on any atom is 0.311 e. The van der Waals surface area contributed by atoms with Gasteiger partial charge in [-0.15, -0.1) is 0 Å². The standard InChI is InChI=1S/C13H17N3O4/c1-7-8(2)15-16(3)11(18)9(7)10(17)14-6-13(4-5-13)12(19)20/h4-6H2,1-3H3,(H,14,17)(H,19,20). The Hall–Kier alpha value is -2.18. The third-order valence-electron chi connectivity index (χ3n) is 3.85. The van der Waals surface area contributed by atoms with Crippen LogP contribution in [0, 0.1) is 19.3 Å². The summed E-state index contributed by atoms with van der Waals surface area (Å²) in [7, 11) is 1.48. The molecule has 108 valence electrons. The number of hydrogen-bond acceptors (Lipinski definition) is 4. The quantitative estimate of drug-likeness (QED) is 0.807. The summed E-state index contributed by atoms with van der Waals surface area (Å²) >= 11 is 0. The van der Waals surface area contributed by atoms with Gasteiger partial charge in [0, 0.05) is 13.6 Å². The van der Waals surface area contributed by atoms with Crippen LogP contribution in [0.25, 0.3) is 0 Å². The largest absolute Gasteiger partial charge is 0.481 e. The molecule has 1 aromatic rings. The summed E-state index contributed by atoms with van der Waals surface area (Å²) in [6, 6.07) is 0. The number of aliphatic carboxylic acids is 1. The predicted molar refractivity (Wildman–Crippen MR) is 70.6 cm³/mol. The number of aromatic nitrogens is 2. The van der Waals surface area contributed by atoms with Crippen LogP contribution in [-0.2, 0) is 11.8 Å². The average molecular weight is 279 g/mol. The predicted octanol–water partition coefficient (Wildman–Crippen LogP) is -0.00826. The van der Waals surface area contributed by atoms with Crippen molar-refractivity contribution in [2.24, 2.45) is 12.5 Å². The number of rotatable bonds is 4. The summed E-state index contributed by atoms with van der Waals surface area (Å²) in [6.07, 6.45) is 1.10. The zero-order valence-electron chi connectivity index (χ0n) is 11.7. The summed E-state index contributed by atoms with van der Waals surface area (Å²) in [5.74, 6) is -1.45. The number of carbonyl (C=O) groups excluding carboxylic acids is 1. The topological polar surface area (TPSA) is 101 Å². The van der Waals surface area contributed by atoms with E-state index in [1.807, 2.05) is 0 Å². The highest BCUT2D eigenvalue weighted by molar-refractivity contribution is 5.95. The van der Waals surface area contributed by atoms with E-state index >= 15 is 0 Å². The van der Waals surface area contributed by atoms with Crippen molar-refractivity contribution in [3.63, 3.8) is 0 Å². The van der Waals surface area contributed by atoms with E-state index in [1.165, 1.54) is 7.05 Å². The molecular formula is C13H17N3O4. The van der Waals surface area contributed by atoms with Crippen LogP contribution >= 0.6 is 0 Å². The lowest BCUT2D eigenvalue weighted by Crippen LogP contribution is -2.39. The van der Waals surface area contributed by atoms with Gasteiger partial charge in [0.1, 0.15) is 5.56 Å². The molecule has 1 aliphatic carbocycles. The Morgan fingerprint density at radius 3 is 2.50 bits per heavy atom. The second kappa shape index (κ2) is 4.73. The molecule has 2 rings (SSSR count). The zero-order chi connectivity index (χ0) is 15.1. The molecule has 1 aliphatic rings. The Kier molecular flexibility index (Phi) is 3.37. The van der Waals surface area contributed by atoms with E-state index in [9.17, 15) is 14.4 Å². The van der Waals surface area contributed by atoms with Crippen LogP contribution in [0.3, 0.4) is 0 Å². The van der Waals surface area contributed by atoms with Crippen LogP contribution in [0.2, 0.25) is 0 Å².